The van der Waals surface area contributed by atoms with Gasteiger partial charge in [0.25, 0.3) is 11.5 Å². The van der Waals surface area contributed by atoms with E-state index in [1.54, 1.807) is 4.98 Å². The summed E-state index contributed by atoms with van der Waals surface area (Å²) in [6.45, 7) is 2.55. The normalized spacial score (nSPS) is 16.0. The largest absolute Gasteiger partial charge is 0.356 e. The lowest BCUT2D eigenvalue weighted by Gasteiger charge is -2.37. The fraction of sp³-hybridized carbons (Fsp3) is 0.381. The van der Waals surface area contributed by atoms with Gasteiger partial charge < -0.3 is 14.4 Å². The van der Waals surface area contributed by atoms with E-state index >= 15 is 0 Å². The Morgan fingerprint density at radius 3 is 2.55 bits per heavy atom. The second-order valence-corrected chi connectivity index (χ2v) is 7.78. The SMILES string of the molecule is CC(c1nc(Cc2ccccc2)no1)N1CCN(C(=O)C(F)(F)c2c[nH]c(=O)[nH]c2=O)CC1. The summed E-state index contributed by atoms with van der Waals surface area (Å²) in [6, 6.07) is 9.44. The summed E-state index contributed by atoms with van der Waals surface area (Å²) < 4.78 is 34.7. The summed E-state index contributed by atoms with van der Waals surface area (Å²) in [5, 5.41) is 4.02. The Bertz CT molecular complexity index is 1230. The fourth-order valence-corrected chi connectivity index (χ4v) is 3.71. The molecule has 0 radical (unpaired) electrons. The van der Waals surface area contributed by atoms with Crippen LogP contribution in [0.2, 0.25) is 0 Å². The Hall–Kier alpha value is -3.67. The molecule has 1 unspecified atom stereocenters. The highest BCUT2D eigenvalue weighted by atomic mass is 19.3. The number of H-pyrrole nitrogens is 2. The molecule has 174 valence electrons. The molecule has 1 amide bonds. The Kier molecular flexibility index (Phi) is 6.18. The third kappa shape index (κ3) is 4.75. The van der Waals surface area contributed by atoms with Crippen LogP contribution in [0, 0.1) is 0 Å². The molecule has 10 nitrogen and oxygen atoms in total. The average Bonchev–Trinajstić information content (AvgIpc) is 3.27. The smallest absolute Gasteiger partial charge is 0.338 e. The molecule has 2 aromatic heterocycles. The van der Waals surface area contributed by atoms with Crippen molar-refractivity contribution in [1.29, 1.82) is 0 Å². The van der Waals surface area contributed by atoms with Crippen molar-refractivity contribution < 1.29 is 18.1 Å². The molecular weight excluding hydrogens is 438 g/mol. The van der Waals surface area contributed by atoms with E-state index in [1.165, 1.54) is 0 Å². The lowest BCUT2D eigenvalue weighted by molar-refractivity contribution is -0.161. The van der Waals surface area contributed by atoms with Gasteiger partial charge in [-0.3, -0.25) is 19.5 Å². The first-order valence-electron chi connectivity index (χ1n) is 10.4. The summed E-state index contributed by atoms with van der Waals surface area (Å²) >= 11 is 0. The molecule has 4 rings (SSSR count). The molecule has 1 aliphatic heterocycles. The van der Waals surface area contributed by atoms with Gasteiger partial charge in [0.2, 0.25) is 5.89 Å². The molecule has 3 aromatic rings. The van der Waals surface area contributed by atoms with Gasteiger partial charge in [0.1, 0.15) is 5.56 Å². The molecule has 1 atom stereocenters. The number of nitrogens with zero attached hydrogens (tertiary/aromatic N) is 4. The molecule has 2 N–H and O–H groups in total. The number of aromatic nitrogens is 4. The summed E-state index contributed by atoms with van der Waals surface area (Å²) in [4.78, 5) is 46.3. The molecule has 0 aliphatic carbocycles. The minimum absolute atomic E-state index is 0.0328. The van der Waals surface area contributed by atoms with Crippen LogP contribution in [0.3, 0.4) is 0 Å². The van der Waals surface area contributed by atoms with Gasteiger partial charge in [0.05, 0.1) is 6.04 Å². The van der Waals surface area contributed by atoms with Gasteiger partial charge in [-0.25, -0.2) is 4.79 Å². The van der Waals surface area contributed by atoms with Gasteiger partial charge in [-0.05, 0) is 12.5 Å². The van der Waals surface area contributed by atoms with Crippen molar-refractivity contribution >= 4 is 5.91 Å². The molecule has 12 heteroatoms. The van der Waals surface area contributed by atoms with E-state index in [0.29, 0.717) is 37.4 Å². The number of amides is 1. The number of alkyl halides is 2. The minimum Gasteiger partial charge on any atom is -0.338 e. The number of rotatable bonds is 6. The molecule has 0 spiro atoms. The predicted octanol–water partition coefficient (Wildman–Crippen LogP) is 1.03. The van der Waals surface area contributed by atoms with Crippen LogP contribution in [0.4, 0.5) is 8.78 Å². The van der Waals surface area contributed by atoms with Crippen LogP contribution in [0.15, 0.2) is 50.6 Å². The van der Waals surface area contributed by atoms with E-state index in [0.717, 1.165) is 10.5 Å². The maximum atomic E-state index is 14.6. The first kappa shape index (κ1) is 22.5. The van der Waals surface area contributed by atoms with Gasteiger partial charge >= 0.3 is 11.6 Å². The zero-order chi connectivity index (χ0) is 23.6. The Labute approximate surface area is 186 Å². The van der Waals surface area contributed by atoms with E-state index in [2.05, 4.69) is 10.1 Å². The Morgan fingerprint density at radius 1 is 1.18 bits per heavy atom. The van der Waals surface area contributed by atoms with Gasteiger partial charge in [-0.1, -0.05) is 35.5 Å². The molecule has 3 heterocycles. The Morgan fingerprint density at radius 2 is 1.88 bits per heavy atom. The van der Waals surface area contributed by atoms with E-state index in [9.17, 15) is 23.2 Å². The number of nitrogens with one attached hydrogen (secondary N) is 2. The van der Waals surface area contributed by atoms with E-state index in [-0.39, 0.29) is 19.1 Å². The van der Waals surface area contributed by atoms with Crippen LogP contribution in [0.1, 0.15) is 35.8 Å². The zero-order valence-corrected chi connectivity index (χ0v) is 17.8. The molecule has 0 saturated carbocycles. The van der Waals surface area contributed by atoms with E-state index in [4.69, 9.17) is 4.52 Å². The monoisotopic (exact) mass is 460 g/mol. The fourth-order valence-electron chi connectivity index (χ4n) is 3.71. The summed E-state index contributed by atoms with van der Waals surface area (Å²) in [5.41, 5.74) is -2.28. The highest BCUT2D eigenvalue weighted by molar-refractivity contribution is 5.84. The van der Waals surface area contributed by atoms with Gasteiger partial charge in [-0.2, -0.15) is 13.8 Å². The van der Waals surface area contributed by atoms with Gasteiger partial charge in [0.15, 0.2) is 5.82 Å². The van der Waals surface area contributed by atoms with E-state index in [1.807, 2.05) is 47.1 Å². The van der Waals surface area contributed by atoms with Gasteiger partial charge in [0, 0.05) is 38.8 Å². The number of carbonyl (C=O) groups is 1. The molecule has 1 fully saturated rings. The maximum absolute atomic E-state index is 14.6. The zero-order valence-electron chi connectivity index (χ0n) is 17.8. The standard InChI is InChI=1S/C21H22F2N6O4/c1-13(18-25-16(27-33-18)11-14-5-3-2-4-6-14)28-7-9-29(10-8-28)19(31)21(22,23)15-12-24-20(32)26-17(15)30/h2-6,12-13H,7-11H2,1H3,(H2,24,26,30,32). The second kappa shape index (κ2) is 9.06. The van der Waals surface area contributed by atoms with Crippen LogP contribution in [0.25, 0.3) is 0 Å². The number of halogens is 2. The molecular formula is C21H22F2N6O4. The van der Waals surface area contributed by atoms with Crippen molar-refractivity contribution in [2.45, 2.75) is 25.3 Å². The number of hydrogen-bond acceptors (Lipinski definition) is 7. The summed E-state index contributed by atoms with van der Waals surface area (Å²) in [7, 11) is 0. The lowest BCUT2D eigenvalue weighted by Crippen LogP contribution is -2.53. The third-order valence-corrected chi connectivity index (χ3v) is 5.62. The molecule has 1 saturated heterocycles. The van der Waals surface area contributed by atoms with Crippen LogP contribution in [-0.2, 0) is 17.1 Å². The van der Waals surface area contributed by atoms with Gasteiger partial charge in [-0.15, -0.1) is 0 Å². The molecule has 0 bridgehead atoms. The number of aromatic amines is 2. The number of piperazine rings is 1. The molecule has 33 heavy (non-hydrogen) atoms. The summed E-state index contributed by atoms with van der Waals surface area (Å²) in [5.74, 6) is -4.60. The molecule has 1 aliphatic rings. The van der Waals surface area contributed by atoms with Crippen LogP contribution in [0.5, 0.6) is 0 Å². The highest BCUT2D eigenvalue weighted by Gasteiger charge is 2.47. The van der Waals surface area contributed by atoms with Crippen molar-refractivity contribution in [3.8, 4) is 0 Å². The van der Waals surface area contributed by atoms with Crippen LogP contribution >= 0.6 is 0 Å². The van der Waals surface area contributed by atoms with Crippen molar-refractivity contribution in [3.05, 3.63) is 80.2 Å². The number of benzene rings is 1. The lowest BCUT2D eigenvalue weighted by atomic mass is 10.1. The Balaban J connectivity index is 1.38. The highest BCUT2D eigenvalue weighted by Crippen LogP contribution is 2.29. The quantitative estimate of drug-likeness (QED) is 0.562. The second-order valence-electron chi connectivity index (χ2n) is 7.78. The third-order valence-electron chi connectivity index (χ3n) is 5.62. The number of carbonyl (C=O) groups excluding carboxylic acids is 1. The average molecular weight is 460 g/mol. The first-order valence-corrected chi connectivity index (χ1v) is 10.4. The van der Waals surface area contributed by atoms with Crippen molar-refractivity contribution in [3.63, 3.8) is 0 Å². The predicted molar refractivity (Wildman–Crippen MR) is 112 cm³/mol. The topological polar surface area (TPSA) is 128 Å². The van der Waals surface area contributed by atoms with Crippen LogP contribution in [-0.4, -0.2) is 62.0 Å². The van der Waals surface area contributed by atoms with Crippen molar-refractivity contribution in [1.82, 2.24) is 29.9 Å². The molecule has 1 aromatic carbocycles. The maximum Gasteiger partial charge on any atom is 0.356 e. The van der Waals surface area contributed by atoms with Crippen LogP contribution < -0.4 is 11.2 Å². The minimum atomic E-state index is -4.07. The van der Waals surface area contributed by atoms with Crippen molar-refractivity contribution in [2.24, 2.45) is 0 Å². The first-order chi connectivity index (χ1) is 15.8. The summed E-state index contributed by atoms with van der Waals surface area (Å²) in [6.07, 6.45) is 1.10. The number of hydrogen-bond donors (Lipinski definition) is 2. The van der Waals surface area contributed by atoms with Crippen molar-refractivity contribution in [2.75, 3.05) is 26.2 Å². The van der Waals surface area contributed by atoms with E-state index < -0.39 is 28.6 Å².